The maximum atomic E-state index is 14.6. The number of hydrogen-bond acceptors (Lipinski definition) is 5. The molecule has 0 N–H and O–H groups in total. The lowest BCUT2D eigenvalue weighted by Gasteiger charge is -2.59. The Morgan fingerprint density at radius 3 is 2.31 bits per heavy atom. The molecule has 2 heterocycles. The Morgan fingerprint density at radius 1 is 0.881 bits per heavy atom. The van der Waals surface area contributed by atoms with E-state index >= 15 is 0 Å². The summed E-state index contributed by atoms with van der Waals surface area (Å²) in [5.41, 5.74) is 3.32. The molecule has 1 fully saturated rings. The summed E-state index contributed by atoms with van der Waals surface area (Å²) in [6, 6.07) is 30.7. The summed E-state index contributed by atoms with van der Waals surface area (Å²) in [5.74, 6) is 1.55. The largest absolute Gasteiger partial charge is 0.497 e. The van der Waals surface area contributed by atoms with Crippen LogP contribution in [0.3, 0.4) is 0 Å². The Balaban J connectivity index is 1.58. The van der Waals surface area contributed by atoms with Crippen molar-refractivity contribution in [2.24, 2.45) is 0 Å². The number of methoxy groups -OCH3 is 2. The summed E-state index contributed by atoms with van der Waals surface area (Å²) in [5, 5.41) is 0. The first kappa shape index (κ1) is 28.5. The van der Waals surface area contributed by atoms with Gasteiger partial charge in [-0.3, -0.25) is 0 Å². The van der Waals surface area contributed by atoms with E-state index < -0.39 is 27.3 Å². The quantitative estimate of drug-likeness (QED) is 0.251. The molecule has 0 spiro atoms. The van der Waals surface area contributed by atoms with Gasteiger partial charge in [-0.15, -0.1) is 0 Å². The molecule has 0 saturated carbocycles. The minimum Gasteiger partial charge on any atom is -0.497 e. The van der Waals surface area contributed by atoms with E-state index in [9.17, 15) is 8.42 Å². The predicted molar refractivity (Wildman–Crippen MR) is 164 cm³/mol. The molecule has 42 heavy (non-hydrogen) atoms. The number of morpholine rings is 1. The first-order chi connectivity index (χ1) is 20.2. The fourth-order valence-corrected chi connectivity index (χ4v) is 8.58. The normalized spacial score (nSPS) is 23.7. The summed E-state index contributed by atoms with van der Waals surface area (Å²) in [7, 11) is -0.550. The highest BCUT2D eigenvalue weighted by molar-refractivity contribution is 7.89. The van der Waals surface area contributed by atoms with Gasteiger partial charge in [-0.05, 0) is 67.3 Å². The van der Waals surface area contributed by atoms with E-state index in [0.717, 1.165) is 39.3 Å². The molecule has 0 amide bonds. The number of fused-ring (bicyclic) bond motifs is 4. The second kappa shape index (κ2) is 10.9. The highest BCUT2D eigenvalue weighted by atomic mass is 32.2. The molecule has 2 aliphatic rings. The number of aryl methyl sites for hydroxylation is 1. The van der Waals surface area contributed by atoms with E-state index in [1.165, 1.54) is 0 Å². The van der Waals surface area contributed by atoms with Crippen molar-refractivity contribution in [3.8, 4) is 11.5 Å². The SMILES string of the molecule is COc1cccc(C[C@@]23Cc4c(OC)cccc4[C@@](C)(CN(S(=O)(=O)c4ccc(C)cc4)[C@@H]2Cc2ccccc2)O3)c1. The van der Waals surface area contributed by atoms with Crippen LogP contribution in [0.5, 0.6) is 11.5 Å². The van der Waals surface area contributed by atoms with Crippen molar-refractivity contribution in [1.29, 1.82) is 0 Å². The van der Waals surface area contributed by atoms with Gasteiger partial charge in [-0.25, -0.2) is 8.42 Å². The van der Waals surface area contributed by atoms with Crippen LogP contribution in [0.1, 0.15) is 34.7 Å². The standard InChI is InChI=1S/C35H37NO5S/c1-25-16-18-29(19-17-25)42(37,38)36-24-34(2)31-14-9-15-32(40-4)30(31)23-35(41-34,22-27-12-8-13-28(20-27)39-3)33(36)21-26-10-6-5-7-11-26/h5-20,33H,21-24H2,1-4H3/t33-,34-,35-/m1/s1. The van der Waals surface area contributed by atoms with Gasteiger partial charge < -0.3 is 14.2 Å². The lowest BCUT2D eigenvalue weighted by Crippen LogP contribution is -2.70. The highest BCUT2D eigenvalue weighted by Gasteiger charge is 2.60. The van der Waals surface area contributed by atoms with E-state index in [-0.39, 0.29) is 11.4 Å². The van der Waals surface area contributed by atoms with Crippen LogP contribution in [-0.4, -0.2) is 45.1 Å². The number of rotatable bonds is 8. The topological polar surface area (TPSA) is 65.1 Å². The van der Waals surface area contributed by atoms with Gasteiger partial charge in [-0.1, -0.05) is 72.3 Å². The smallest absolute Gasteiger partial charge is 0.243 e. The molecule has 0 aromatic heterocycles. The van der Waals surface area contributed by atoms with Crippen molar-refractivity contribution in [1.82, 2.24) is 4.31 Å². The molecule has 218 valence electrons. The van der Waals surface area contributed by atoms with Crippen molar-refractivity contribution < 1.29 is 22.6 Å². The van der Waals surface area contributed by atoms with Crippen LogP contribution in [0.25, 0.3) is 0 Å². The van der Waals surface area contributed by atoms with Gasteiger partial charge in [0.2, 0.25) is 10.0 Å². The summed E-state index contributed by atoms with van der Waals surface area (Å²) < 4.78 is 49.7. The molecule has 2 bridgehead atoms. The summed E-state index contributed by atoms with van der Waals surface area (Å²) >= 11 is 0. The van der Waals surface area contributed by atoms with Gasteiger partial charge in [0.1, 0.15) is 17.1 Å². The van der Waals surface area contributed by atoms with Gasteiger partial charge in [0.05, 0.1) is 30.8 Å². The zero-order valence-corrected chi connectivity index (χ0v) is 25.4. The van der Waals surface area contributed by atoms with Crippen LogP contribution >= 0.6 is 0 Å². The van der Waals surface area contributed by atoms with Gasteiger partial charge >= 0.3 is 0 Å². The zero-order valence-electron chi connectivity index (χ0n) is 24.5. The molecule has 4 aromatic rings. The van der Waals surface area contributed by atoms with Crippen molar-refractivity contribution in [3.05, 3.63) is 125 Å². The fraction of sp³-hybridized carbons (Fsp3) is 0.314. The molecule has 3 atom stereocenters. The molecule has 2 aliphatic heterocycles. The van der Waals surface area contributed by atoms with Crippen LogP contribution in [0.4, 0.5) is 0 Å². The average Bonchev–Trinajstić information content (AvgIpc) is 2.99. The maximum absolute atomic E-state index is 14.6. The highest BCUT2D eigenvalue weighted by Crippen LogP contribution is 2.52. The molecule has 4 aromatic carbocycles. The second-order valence-corrected chi connectivity index (χ2v) is 13.5. The van der Waals surface area contributed by atoms with Gasteiger partial charge in [-0.2, -0.15) is 4.31 Å². The third-order valence-electron chi connectivity index (χ3n) is 8.78. The first-order valence-corrected chi connectivity index (χ1v) is 15.7. The van der Waals surface area contributed by atoms with Crippen molar-refractivity contribution in [2.45, 2.75) is 55.2 Å². The van der Waals surface area contributed by atoms with Crippen molar-refractivity contribution >= 4 is 10.0 Å². The maximum Gasteiger partial charge on any atom is 0.243 e. The molecular formula is C35H37NO5S. The van der Waals surface area contributed by atoms with Gasteiger partial charge in [0, 0.05) is 24.9 Å². The molecule has 6 rings (SSSR count). The van der Waals surface area contributed by atoms with Crippen LogP contribution in [0.15, 0.2) is 102 Å². The molecule has 0 unspecified atom stereocenters. The van der Waals surface area contributed by atoms with E-state index in [1.54, 1.807) is 30.7 Å². The Hall–Kier alpha value is -3.65. The minimum absolute atomic E-state index is 0.181. The van der Waals surface area contributed by atoms with Crippen molar-refractivity contribution in [2.75, 3.05) is 20.8 Å². The molecule has 0 aliphatic carbocycles. The zero-order chi connectivity index (χ0) is 29.5. The third-order valence-corrected chi connectivity index (χ3v) is 10.6. The lowest BCUT2D eigenvalue weighted by atomic mass is 9.70. The molecule has 1 saturated heterocycles. The Labute approximate surface area is 248 Å². The van der Waals surface area contributed by atoms with Crippen LogP contribution in [0, 0.1) is 6.92 Å². The first-order valence-electron chi connectivity index (χ1n) is 14.3. The third kappa shape index (κ3) is 5.00. The molecular weight excluding hydrogens is 546 g/mol. The fourth-order valence-electron chi connectivity index (χ4n) is 6.81. The summed E-state index contributed by atoms with van der Waals surface area (Å²) in [6.45, 7) is 4.16. The summed E-state index contributed by atoms with van der Waals surface area (Å²) in [6.07, 6.45) is 1.49. The van der Waals surface area contributed by atoms with E-state index in [2.05, 4.69) is 18.2 Å². The number of benzene rings is 4. The van der Waals surface area contributed by atoms with Crippen molar-refractivity contribution in [3.63, 3.8) is 0 Å². The monoisotopic (exact) mass is 583 g/mol. The number of nitrogens with zero attached hydrogens (tertiary/aromatic N) is 1. The Morgan fingerprint density at radius 2 is 1.60 bits per heavy atom. The van der Waals surface area contributed by atoms with Gasteiger partial charge in [0.25, 0.3) is 0 Å². The number of hydrogen-bond donors (Lipinski definition) is 0. The van der Waals surface area contributed by atoms with Crippen LogP contribution in [-0.2, 0) is 39.6 Å². The average molecular weight is 584 g/mol. The van der Waals surface area contributed by atoms with E-state index in [4.69, 9.17) is 14.2 Å². The predicted octanol–water partition coefficient (Wildman–Crippen LogP) is 6.10. The Bertz CT molecular complexity index is 1690. The van der Waals surface area contributed by atoms with Gasteiger partial charge in [0.15, 0.2) is 0 Å². The lowest BCUT2D eigenvalue weighted by molar-refractivity contribution is -0.229. The van der Waals surface area contributed by atoms with E-state index in [0.29, 0.717) is 19.3 Å². The van der Waals surface area contributed by atoms with Crippen LogP contribution < -0.4 is 9.47 Å². The second-order valence-electron chi connectivity index (χ2n) is 11.7. The van der Waals surface area contributed by atoms with Crippen LogP contribution in [0.2, 0.25) is 0 Å². The number of ether oxygens (including phenoxy) is 3. The molecule has 7 heteroatoms. The van der Waals surface area contributed by atoms with E-state index in [1.807, 2.05) is 80.6 Å². The molecule has 0 radical (unpaired) electrons. The summed E-state index contributed by atoms with van der Waals surface area (Å²) in [4.78, 5) is 0.289. The molecule has 6 nitrogen and oxygen atoms in total. The minimum atomic E-state index is -3.89. The number of sulfonamides is 1. The Kier molecular flexibility index (Phi) is 7.37.